The number of hydrogen-bond acceptors (Lipinski definition) is 3. The number of benzene rings is 1. The SMILES string of the molecule is O=C(O)C(Cc1cccc(Cl)c1)Cc1ncccn1. The highest BCUT2D eigenvalue weighted by Crippen LogP contribution is 2.17. The van der Waals surface area contributed by atoms with E-state index in [1.165, 1.54) is 0 Å². The topological polar surface area (TPSA) is 63.1 Å². The minimum atomic E-state index is -0.854. The Kier molecular flexibility index (Phi) is 4.47. The van der Waals surface area contributed by atoms with Crippen LogP contribution in [0.5, 0.6) is 0 Å². The van der Waals surface area contributed by atoms with E-state index < -0.39 is 11.9 Å². The van der Waals surface area contributed by atoms with Crippen molar-refractivity contribution in [3.05, 3.63) is 59.1 Å². The lowest BCUT2D eigenvalue weighted by molar-refractivity contribution is -0.141. The number of rotatable bonds is 5. The van der Waals surface area contributed by atoms with Crippen LogP contribution in [0.1, 0.15) is 11.4 Å². The first-order valence-electron chi connectivity index (χ1n) is 5.88. The van der Waals surface area contributed by atoms with Crippen molar-refractivity contribution >= 4 is 17.6 Å². The van der Waals surface area contributed by atoms with Crippen molar-refractivity contribution in [1.82, 2.24) is 9.97 Å². The van der Waals surface area contributed by atoms with Crippen molar-refractivity contribution in [3.63, 3.8) is 0 Å². The first-order valence-corrected chi connectivity index (χ1v) is 6.26. The molecule has 2 aromatic rings. The molecular weight excluding hydrogens is 264 g/mol. The molecule has 1 unspecified atom stereocenters. The van der Waals surface area contributed by atoms with E-state index in [1.54, 1.807) is 30.6 Å². The monoisotopic (exact) mass is 276 g/mol. The molecule has 1 N–H and O–H groups in total. The number of nitrogens with zero attached hydrogens (tertiary/aromatic N) is 2. The summed E-state index contributed by atoms with van der Waals surface area (Å²) < 4.78 is 0. The smallest absolute Gasteiger partial charge is 0.307 e. The van der Waals surface area contributed by atoms with E-state index in [1.807, 2.05) is 12.1 Å². The number of aliphatic carboxylic acids is 1. The van der Waals surface area contributed by atoms with Crippen LogP contribution in [-0.2, 0) is 17.6 Å². The standard InChI is InChI=1S/C14H13ClN2O2/c15-12-4-1-3-10(8-12)7-11(14(18)19)9-13-16-5-2-6-17-13/h1-6,8,11H,7,9H2,(H,18,19). The van der Waals surface area contributed by atoms with Crippen LogP contribution in [0.15, 0.2) is 42.7 Å². The second-order valence-electron chi connectivity index (χ2n) is 4.24. The fourth-order valence-corrected chi connectivity index (χ4v) is 2.06. The second kappa shape index (κ2) is 6.29. The van der Waals surface area contributed by atoms with Gasteiger partial charge in [0.25, 0.3) is 0 Å². The van der Waals surface area contributed by atoms with Gasteiger partial charge in [-0.2, -0.15) is 0 Å². The quantitative estimate of drug-likeness (QED) is 0.912. The molecule has 1 aromatic carbocycles. The molecule has 5 heteroatoms. The van der Waals surface area contributed by atoms with Crippen LogP contribution < -0.4 is 0 Å². The molecule has 4 nitrogen and oxygen atoms in total. The summed E-state index contributed by atoms with van der Waals surface area (Å²) in [6.07, 6.45) is 3.94. The zero-order chi connectivity index (χ0) is 13.7. The minimum Gasteiger partial charge on any atom is -0.481 e. The van der Waals surface area contributed by atoms with Gasteiger partial charge in [-0.3, -0.25) is 4.79 Å². The molecule has 0 fully saturated rings. The molecule has 0 bridgehead atoms. The highest BCUT2D eigenvalue weighted by molar-refractivity contribution is 6.30. The summed E-state index contributed by atoms with van der Waals surface area (Å²) in [6.45, 7) is 0. The molecule has 1 heterocycles. The van der Waals surface area contributed by atoms with Gasteiger partial charge in [0, 0.05) is 23.8 Å². The molecule has 1 aromatic heterocycles. The predicted molar refractivity (Wildman–Crippen MR) is 72.0 cm³/mol. The fraction of sp³-hybridized carbons (Fsp3) is 0.214. The van der Waals surface area contributed by atoms with Crippen LogP contribution in [-0.4, -0.2) is 21.0 Å². The van der Waals surface area contributed by atoms with E-state index in [4.69, 9.17) is 11.6 Å². The summed E-state index contributed by atoms with van der Waals surface area (Å²) in [7, 11) is 0. The van der Waals surface area contributed by atoms with E-state index in [2.05, 4.69) is 9.97 Å². The van der Waals surface area contributed by atoms with Crippen LogP contribution in [0.25, 0.3) is 0 Å². The molecule has 0 saturated heterocycles. The molecule has 0 amide bonds. The maximum absolute atomic E-state index is 11.3. The number of halogens is 1. The highest BCUT2D eigenvalue weighted by Gasteiger charge is 2.19. The van der Waals surface area contributed by atoms with Gasteiger partial charge < -0.3 is 5.11 Å². The fourth-order valence-electron chi connectivity index (χ4n) is 1.85. The third-order valence-electron chi connectivity index (χ3n) is 2.77. The van der Waals surface area contributed by atoms with Gasteiger partial charge in [-0.25, -0.2) is 9.97 Å². The lowest BCUT2D eigenvalue weighted by Gasteiger charge is -2.11. The summed E-state index contributed by atoms with van der Waals surface area (Å²) in [5, 5.41) is 9.89. The van der Waals surface area contributed by atoms with Gasteiger partial charge in [0.15, 0.2) is 0 Å². The van der Waals surface area contributed by atoms with Gasteiger partial charge in [0.1, 0.15) is 5.82 Å². The van der Waals surface area contributed by atoms with E-state index >= 15 is 0 Å². The minimum absolute atomic E-state index is 0.308. The molecular formula is C14H13ClN2O2. The van der Waals surface area contributed by atoms with E-state index in [0.29, 0.717) is 23.7 Å². The van der Waals surface area contributed by atoms with Crippen LogP contribution in [0.3, 0.4) is 0 Å². The number of carboxylic acid groups (broad SMARTS) is 1. The van der Waals surface area contributed by atoms with Crippen molar-refractivity contribution in [1.29, 1.82) is 0 Å². The van der Waals surface area contributed by atoms with E-state index in [0.717, 1.165) is 5.56 Å². The maximum atomic E-state index is 11.3. The third-order valence-corrected chi connectivity index (χ3v) is 3.00. The third kappa shape index (κ3) is 4.03. The Hall–Kier alpha value is -1.94. The summed E-state index contributed by atoms with van der Waals surface area (Å²) in [5.74, 6) is -0.870. The summed E-state index contributed by atoms with van der Waals surface area (Å²) in [6, 6.07) is 8.93. The second-order valence-corrected chi connectivity index (χ2v) is 4.67. The molecule has 98 valence electrons. The molecule has 0 radical (unpaired) electrons. The van der Waals surface area contributed by atoms with Gasteiger partial charge >= 0.3 is 5.97 Å². The van der Waals surface area contributed by atoms with Gasteiger partial charge in [-0.1, -0.05) is 23.7 Å². The average molecular weight is 277 g/mol. The van der Waals surface area contributed by atoms with Crippen molar-refractivity contribution in [2.45, 2.75) is 12.8 Å². The Bertz CT molecular complexity index is 560. The molecule has 0 aliphatic carbocycles. The first kappa shape index (κ1) is 13.5. The van der Waals surface area contributed by atoms with Gasteiger partial charge in [-0.05, 0) is 30.2 Å². The lowest BCUT2D eigenvalue weighted by atomic mass is 9.96. The number of aromatic nitrogens is 2. The van der Waals surface area contributed by atoms with Crippen LogP contribution in [0, 0.1) is 5.92 Å². The molecule has 19 heavy (non-hydrogen) atoms. The van der Waals surface area contributed by atoms with Crippen LogP contribution in [0.2, 0.25) is 5.02 Å². The van der Waals surface area contributed by atoms with Crippen molar-refractivity contribution in [2.75, 3.05) is 0 Å². The Morgan fingerprint density at radius 1 is 1.21 bits per heavy atom. The highest BCUT2D eigenvalue weighted by atomic mass is 35.5. The predicted octanol–water partition coefficient (Wildman–Crippen LogP) is 2.62. The van der Waals surface area contributed by atoms with E-state index in [-0.39, 0.29) is 0 Å². The molecule has 1 atom stereocenters. The normalized spacial score (nSPS) is 12.1. The molecule has 2 rings (SSSR count). The van der Waals surface area contributed by atoms with Crippen molar-refractivity contribution in [3.8, 4) is 0 Å². The lowest BCUT2D eigenvalue weighted by Crippen LogP contribution is -2.20. The van der Waals surface area contributed by atoms with Crippen LogP contribution >= 0.6 is 11.6 Å². The Morgan fingerprint density at radius 3 is 2.58 bits per heavy atom. The molecule has 0 saturated carbocycles. The average Bonchev–Trinajstić information content (AvgIpc) is 2.39. The summed E-state index contributed by atoms with van der Waals surface area (Å²) >= 11 is 5.90. The molecule has 0 aliphatic rings. The Labute approximate surface area is 116 Å². The Morgan fingerprint density at radius 2 is 1.95 bits per heavy atom. The molecule has 0 aliphatic heterocycles. The number of carboxylic acids is 1. The van der Waals surface area contributed by atoms with Crippen molar-refractivity contribution in [2.24, 2.45) is 5.92 Å². The van der Waals surface area contributed by atoms with E-state index in [9.17, 15) is 9.90 Å². The molecule has 0 spiro atoms. The summed E-state index contributed by atoms with van der Waals surface area (Å²) in [5.41, 5.74) is 0.899. The van der Waals surface area contributed by atoms with Gasteiger partial charge in [0.05, 0.1) is 5.92 Å². The largest absolute Gasteiger partial charge is 0.481 e. The zero-order valence-electron chi connectivity index (χ0n) is 10.2. The summed E-state index contributed by atoms with van der Waals surface area (Å²) in [4.78, 5) is 19.4. The van der Waals surface area contributed by atoms with Crippen LogP contribution in [0.4, 0.5) is 0 Å². The van der Waals surface area contributed by atoms with Crippen molar-refractivity contribution < 1.29 is 9.90 Å². The maximum Gasteiger partial charge on any atom is 0.307 e. The zero-order valence-corrected chi connectivity index (χ0v) is 10.9. The first-order chi connectivity index (χ1) is 9.15. The Balaban J connectivity index is 2.11. The van der Waals surface area contributed by atoms with Gasteiger partial charge in [0.2, 0.25) is 0 Å². The number of hydrogen-bond donors (Lipinski definition) is 1. The van der Waals surface area contributed by atoms with Gasteiger partial charge in [-0.15, -0.1) is 0 Å². The number of carbonyl (C=O) groups is 1.